The summed E-state index contributed by atoms with van der Waals surface area (Å²) in [6.07, 6.45) is 0.681. The van der Waals surface area contributed by atoms with Crippen molar-refractivity contribution in [2.24, 2.45) is 0 Å². The summed E-state index contributed by atoms with van der Waals surface area (Å²) >= 11 is 0. The van der Waals surface area contributed by atoms with Gasteiger partial charge in [-0.3, -0.25) is 9.69 Å². The van der Waals surface area contributed by atoms with Gasteiger partial charge in [0.1, 0.15) is 5.75 Å². The van der Waals surface area contributed by atoms with E-state index in [1.807, 2.05) is 18.2 Å². The smallest absolute Gasteiger partial charge is 0.180 e. The third-order valence-electron chi connectivity index (χ3n) is 4.21. The molecule has 0 bridgehead atoms. The number of ketones is 1. The van der Waals surface area contributed by atoms with Crippen LogP contribution in [0.2, 0.25) is 0 Å². The Morgan fingerprint density at radius 3 is 2.35 bits per heavy atom. The minimum Gasteiger partial charge on any atom is -0.508 e. The Balaban J connectivity index is 1.84. The second-order valence-electron chi connectivity index (χ2n) is 5.76. The number of hydrogen-bond acceptors (Lipinski definition) is 4. The molecule has 1 N–H and O–H groups in total. The van der Waals surface area contributed by atoms with E-state index < -0.39 is 0 Å². The average Bonchev–Trinajstić information content (AvgIpc) is 2.61. The van der Waals surface area contributed by atoms with Crippen LogP contribution in [0.5, 0.6) is 5.75 Å². The first-order valence-electron chi connectivity index (χ1n) is 7.93. The molecule has 1 atom stereocenters. The average molecular weight is 311 g/mol. The van der Waals surface area contributed by atoms with Gasteiger partial charge in [0.15, 0.2) is 5.78 Å². The van der Waals surface area contributed by atoms with Crippen molar-refractivity contribution in [2.75, 3.05) is 26.3 Å². The predicted octanol–water partition coefficient (Wildman–Crippen LogP) is 2.52. The van der Waals surface area contributed by atoms with Gasteiger partial charge in [0.05, 0.1) is 19.3 Å². The lowest BCUT2D eigenvalue weighted by atomic mass is 9.96. The SMILES string of the molecule is O=C(c1ccc(O)cc1)C(Cc1ccccc1)N1CCOCC1. The summed E-state index contributed by atoms with van der Waals surface area (Å²) in [7, 11) is 0. The maximum Gasteiger partial charge on any atom is 0.180 e. The van der Waals surface area contributed by atoms with E-state index >= 15 is 0 Å². The highest BCUT2D eigenvalue weighted by Crippen LogP contribution is 2.18. The summed E-state index contributed by atoms with van der Waals surface area (Å²) in [6.45, 7) is 2.85. The second kappa shape index (κ2) is 7.40. The molecule has 0 spiro atoms. The number of rotatable bonds is 5. The monoisotopic (exact) mass is 311 g/mol. The van der Waals surface area contributed by atoms with Crippen molar-refractivity contribution >= 4 is 5.78 Å². The van der Waals surface area contributed by atoms with E-state index in [9.17, 15) is 9.90 Å². The zero-order chi connectivity index (χ0) is 16.1. The van der Waals surface area contributed by atoms with E-state index in [2.05, 4.69) is 17.0 Å². The fraction of sp³-hybridized carbons (Fsp3) is 0.316. The molecule has 4 nitrogen and oxygen atoms in total. The Bertz CT molecular complexity index is 633. The van der Waals surface area contributed by atoms with Gasteiger partial charge in [-0.25, -0.2) is 0 Å². The Morgan fingerprint density at radius 1 is 1.04 bits per heavy atom. The molecule has 0 saturated carbocycles. The maximum absolute atomic E-state index is 13.0. The number of aromatic hydroxyl groups is 1. The molecule has 0 radical (unpaired) electrons. The largest absolute Gasteiger partial charge is 0.508 e. The fourth-order valence-electron chi connectivity index (χ4n) is 2.93. The normalized spacial score (nSPS) is 16.9. The first-order chi connectivity index (χ1) is 11.2. The Kier molecular flexibility index (Phi) is 5.05. The van der Waals surface area contributed by atoms with Crippen LogP contribution < -0.4 is 0 Å². The van der Waals surface area contributed by atoms with E-state index in [-0.39, 0.29) is 17.6 Å². The second-order valence-corrected chi connectivity index (χ2v) is 5.76. The van der Waals surface area contributed by atoms with Crippen LogP contribution in [-0.2, 0) is 11.2 Å². The quantitative estimate of drug-likeness (QED) is 0.862. The molecule has 0 amide bonds. The van der Waals surface area contributed by atoms with Crippen LogP contribution in [0.15, 0.2) is 54.6 Å². The van der Waals surface area contributed by atoms with Gasteiger partial charge in [0.25, 0.3) is 0 Å². The predicted molar refractivity (Wildman–Crippen MR) is 88.8 cm³/mol. The van der Waals surface area contributed by atoms with Gasteiger partial charge in [-0.05, 0) is 36.2 Å². The first kappa shape index (κ1) is 15.7. The molecule has 1 heterocycles. The summed E-state index contributed by atoms with van der Waals surface area (Å²) in [5.74, 6) is 0.267. The highest BCUT2D eigenvalue weighted by atomic mass is 16.5. The van der Waals surface area contributed by atoms with Crippen LogP contribution in [0.3, 0.4) is 0 Å². The van der Waals surface area contributed by atoms with Crippen molar-refractivity contribution in [3.8, 4) is 5.75 Å². The van der Waals surface area contributed by atoms with E-state index in [0.29, 0.717) is 25.2 Å². The minimum absolute atomic E-state index is 0.0933. The van der Waals surface area contributed by atoms with Crippen molar-refractivity contribution in [1.29, 1.82) is 0 Å². The molecule has 23 heavy (non-hydrogen) atoms. The van der Waals surface area contributed by atoms with Gasteiger partial charge < -0.3 is 9.84 Å². The van der Waals surface area contributed by atoms with Gasteiger partial charge in [-0.1, -0.05) is 30.3 Å². The van der Waals surface area contributed by atoms with Gasteiger partial charge in [-0.2, -0.15) is 0 Å². The van der Waals surface area contributed by atoms with Crippen LogP contribution in [0.1, 0.15) is 15.9 Å². The number of hydrogen-bond donors (Lipinski definition) is 1. The van der Waals surface area contributed by atoms with Crippen molar-refractivity contribution < 1.29 is 14.6 Å². The highest BCUT2D eigenvalue weighted by Gasteiger charge is 2.28. The zero-order valence-corrected chi connectivity index (χ0v) is 13.0. The fourth-order valence-corrected chi connectivity index (χ4v) is 2.93. The number of carbonyl (C=O) groups excluding carboxylic acids is 1. The molecule has 4 heteroatoms. The summed E-state index contributed by atoms with van der Waals surface area (Å²) in [4.78, 5) is 15.2. The number of Topliss-reactive ketones (excluding diaryl/α,β-unsaturated/α-hetero) is 1. The number of ether oxygens (including phenoxy) is 1. The van der Waals surface area contributed by atoms with Crippen LogP contribution in [-0.4, -0.2) is 48.1 Å². The molecule has 2 aromatic rings. The number of carbonyl (C=O) groups is 1. The standard InChI is InChI=1S/C19H21NO3/c21-17-8-6-16(7-9-17)19(22)18(20-10-12-23-13-11-20)14-15-4-2-1-3-5-15/h1-9,18,21H,10-14H2. The molecule has 1 fully saturated rings. The topological polar surface area (TPSA) is 49.8 Å². The zero-order valence-electron chi connectivity index (χ0n) is 13.0. The summed E-state index contributed by atoms with van der Waals surface area (Å²) in [5.41, 5.74) is 1.78. The van der Waals surface area contributed by atoms with Crippen LogP contribution >= 0.6 is 0 Å². The third-order valence-corrected chi connectivity index (χ3v) is 4.21. The lowest BCUT2D eigenvalue weighted by Crippen LogP contribution is -2.48. The Labute approximate surface area is 136 Å². The molecule has 1 aliphatic rings. The highest BCUT2D eigenvalue weighted by molar-refractivity contribution is 6.00. The molecule has 1 saturated heterocycles. The summed E-state index contributed by atoms with van der Waals surface area (Å²) in [6, 6.07) is 16.4. The van der Waals surface area contributed by atoms with Crippen LogP contribution in [0, 0.1) is 0 Å². The summed E-state index contributed by atoms with van der Waals surface area (Å²) in [5, 5.41) is 9.42. The van der Waals surface area contributed by atoms with E-state index in [1.165, 1.54) is 0 Å². The van der Waals surface area contributed by atoms with Gasteiger partial charge in [-0.15, -0.1) is 0 Å². The maximum atomic E-state index is 13.0. The third kappa shape index (κ3) is 3.97. The Morgan fingerprint density at radius 2 is 1.70 bits per heavy atom. The molecule has 2 aromatic carbocycles. The van der Waals surface area contributed by atoms with Gasteiger partial charge >= 0.3 is 0 Å². The molecule has 0 aromatic heterocycles. The van der Waals surface area contributed by atoms with Crippen molar-refractivity contribution in [3.63, 3.8) is 0 Å². The minimum atomic E-state index is -0.203. The van der Waals surface area contributed by atoms with E-state index in [1.54, 1.807) is 24.3 Å². The molecule has 3 rings (SSSR count). The molecular formula is C19H21NO3. The molecular weight excluding hydrogens is 290 g/mol. The summed E-state index contributed by atoms with van der Waals surface area (Å²) < 4.78 is 5.42. The van der Waals surface area contributed by atoms with Crippen molar-refractivity contribution in [1.82, 2.24) is 4.90 Å². The molecule has 0 aliphatic carbocycles. The lowest BCUT2D eigenvalue weighted by Gasteiger charge is -2.33. The molecule has 120 valence electrons. The number of phenolic OH excluding ortho intramolecular Hbond substituents is 1. The van der Waals surface area contributed by atoms with Crippen molar-refractivity contribution in [2.45, 2.75) is 12.5 Å². The number of nitrogens with zero attached hydrogens (tertiary/aromatic N) is 1. The first-order valence-corrected chi connectivity index (χ1v) is 7.93. The number of morpholine rings is 1. The van der Waals surface area contributed by atoms with E-state index in [0.717, 1.165) is 18.7 Å². The van der Waals surface area contributed by atoms with Crippen molar-refractivity contribution in [3.05, 3.63) is 65.7 Å². The lowest BCUT2D eigenvalue weighted by molar-refractivity contribution is 0.0177. The van der Waals surface area contributed by atoms with Crippen LogP contribution in [0.25, 0.3) is 0 Å². The van der Waals surface area contributed by atoms with E-state index in [4.69, 9.17) is 4.74 Å². The number of benzene rings is 2. The number of phenols is 1. The van der Waals surface area contributed by atoms with Gasteiger partial charge in [0, 0.05) is 18.7 Å². The van der Waals surface area contributed by atoms with Crippen LogP contribution in [0.4, 0.5) is 0 Å². The molecule has 1 unspecified atom stereocenters. The van der Waals surface area contributed by atoms with Gasteiger partial charge in [0.2, 0.25) is 0 Å². The molecule has 1 aliphatic heterocycles. The Hall–Kier alpha value is -2.17.